The monoisotopic (exact) mass is 430 g/mol. The smallest absolute Gasteiger partial charge is 0.748 e. The van der Waals surface area contributed by atoms with E-state index in [0.717, 1.165) is 12.8 Å². The van der Waals surface area contributed by atoms with Crippen molar-refractivity contribution in [2.45, 2.75) is 129 Å². The Morgan fingerprint density at radius 2 is 1.00 bits per heavy atom. The van der Waals surface area contributed by atoms with Crippen molar-refractivity contribution in [3.8, 4) is 0 Å². The average molecular weight is 431 g/mol. The Labute approximate surface area is 211 Å². The molecule has 27 heavy (non-hydrogen) atoms. The number of rotatable bonds is 20. The average Bonchev–Trinajstić information content (AvgIpc) is 2.59. The minimum atomic E-state index is -4.19. The van der Waals surface area contributed by atoms with Crippen molar-refractivity contribution in [2.24, 2.45) is 0 Å². The van der Waals surface area contributed by atoms with Gasteiger partial charge in [-0.15, -0.1) is 0 Å². The van der Waals surface area contributed by atoms with Gasteiger partial charge < -0.3 is 9.66 Å². The maximum atomic E-state index is 10.5. The van der Waals surface area contributed by atoms with Crippen LogP contribution in [-0.4, -0.2) is 29.9 Å². The zero-order chi connectivity index (χ0) is 19.5. The molecule has 0 aromatic heterocycles. The van der Waals surface area contributed by atoms with Crippen LogP contribution in [0.2, 0.25) is 0 Å². The summed E-state index contributed by atoms with van der Waals surface area (Å²) in [6, 6.07) is 0. The second-order valence-corrected chi connectivity index (χ2v) is 9.32. The molecular weight excluding hydrogens is 387 g/mol. The number of aliphatic hydroxyl groups is 1. The molecule has 0 saturated heterocycles. The normalized spacial score (nSPS) is 12.7. The van der Waals surface area contributed by atoms with Crippen molar-refractivity contribution in [1.82, 2.24) is 0 Å². The Kier molecular flexibility index (Phi) is 25.2. The van der Waals surface area contributed by atoms with Crippen LogP contribution in [0.5, 0.6) is 0 Å². The third-order valence-electron chi connectivity index (χ3n) is 5.09. The topological polar surface area (TPSA) is 77.4 Å². The van der Waals surface area contributed by atoms with E-state index in [0.29, 0.717) is 6.42 Å². The number of unbranched alkanes of at least 4 members (excludes halogenated alkanes) is 15. The molecule has 1 N–H and O–H groups in total. The molecule has 0 aliphatic heterocycles. The molecule has 0 fully saturated rings. The molecular formula is C21H43KO4S. The van der Waals surface area contributed by atoms with Crippen molar-refractivity contribution in [3.63, 3.8) is 0 Å². The fraction of sp³-hybridized carbons (Fsp3) is 1.00. The molecule has 0 rings (SSSR count). The molecule has 0 amide bonds. The van der Waals surface area contributed by atoms with Gasteiger partial charge in [-0.3, -0.25) is 0 Å². The van der Waals surface area contributed by atoms with Gasteiger partial charge >= 0.3 is 51.4 Å². The summed E-state index contributed by atoms with van der Waals surface area (Å²) in [6.07, 6.45) is 21.0. The molecule has 0 aliphatic carbocycles. The van der Waals surface area contributed by atoms with E-state index in [2.05, 4.69) is 6.92 Å². The number of hydrogen-bond donors (Lipinski definition) is 1. The molecule has 0 aromatic rings. The van der Waals surface area contributed by atoms with Gasteiger partial charge in [-0.05, 0) is 12.8 Å². The zero-order valence-corrected chi connectivity index (χ0v) is 22.0. The molecule has 0 saturated carbocycles. The van der Waals surface area contributed by atoms with Crippen molar-refractivity contribution in [3.05, 3.63) is 0 Å². The minimum absolute atomic E-state index is 0. The summed E-state index contributed by atoms with van der Waals surface area (Å²) < 4.78 is 31.5. The molecule has 158 valence electrons. The first-order valence-corrected chi connectivity index (χ1v) is 12.6. The van der Waals surface area contributed by atoms with Crippen LogP contribution in [0.1, 0.15) is 122 Å². The molecule has 0 aromatic carbocycles. The summed E-state index contributed by atoms with van der Waals surface area (Å²) in [5.74, 6) is -0.451. The Morgan fingerprint density at radius 3 is 1.33 bits per heavy atom. The first kappa shape index (κ1) is 30.7. The summed E-state index contributed by atoms with van der Waals surface area (Å²) in [7, 11) is -4.19. The van der Waals surface area contributed by atoms with E-state index >= 15 is 0 Å². The van der Waals surface area contributed by atoms with E-state index in [4.69, 9.17) is 0 Å². The SMILES string of the molecule is CCCCCCCCCCCCCCCCCCC(O)CCS(=O)(=O)[O-].[K+]. The van der Waals surface area contributed by atoms with Crippen LogP contribution < -0.4 is 51.4 Å². The maximum Gasteiger partial charge on any atom is 1.00 e. The summed E-state index contributed by atoms with van der Waals surface area (Å²) in [6.45, 7) is 2.26. The molecule has 0 radical (unpaired) electrons. The van der Waals surface area contributed by atoms with Gasteiger partial charge in [0.15, 0.2) is 0 Å². The van der Waals surface area contributed by atoms with Gasteiger partial charge in [0.05, 0.1) is 16.2 Å². The largest absolute Gasteiger partial charge is 1.00 e. The van der Waals surface area contributed by atoms with Crippen LogP contribution in [0.25, 0.3) is 0 Å². The minimum Gasteiger partial charge on any atom is -0.748 e. The molecule has 0 heterocycles. The second kappa shape index (κ2) is 22.2. The van der Waals surface area contributed by atoms with E-state index in [-0.39, 0.29) is 57.8 Å². The number of hydrogen-bond acceptors (Lipinski definition) is 4. The van der Waals surface area contributed by atoms with Crippen LogP contribution in [-0.2, 0) is 10.1 Å². The van der Waals surface area contributed by atoms with Gasteiger partial charge in [-0.25, -0.2) is 8.42 Å². The van der Waals surface area contributed by atoms with Gasteiger partial charge in [0, 0.05) is 5.75 Å². The maximum absolute atomic E-state index is 10.5. The summed E-state index contributed by atoms with van der Waals surface area (Å²) in [4.78, 5) is 0. The molecule has 0 aliphatic rings. The first-order valence-electron chi connectivity index (χ1n) is 11.1. The predicted molar refractivity (Wildman–Crippen MR) is 109 cm³/mol. The first-order chi connectivity index (χ1) is 12.5. The number of aliphatic hydroxyl groups excluding tert-OH is 1. The molecule has 0 spiro atoms. The zero-order valence-electron chi connectivity index (χ0n) is 18.1. The molecule has 4 nitrogen and oxygen atoms in total. The van der Waals surface area contributed by atoms with E-state index in [9.17, 15) is 18.1 Å². The van der Waals surface area contributed by atoms with Gasteiger partial charge in [0.25, 0.3) is 0 Å². The standard InChI is InChI=1S/C21H44O4S.K/c1-2-3-4-5-6-7-8-9-10-11-12-13-14-15-16-17-18-21(22)19-20-26(23,24)25;/h21-22H,2-20H2,1H3,(H,23,24,25);/q;+1/p-1. The fourth-order valence-corrected chi connectivity index (χ4v) is 3.91. The van der Waals surface area contributed by atoms with Crippen LogP contribution in [0.3, 0.4) is 0 Å². The Morgan fingerprint density at radius 1 is 0.667 bits per heavy atom. The Bertz CT molecular complexity index is 388. The van der Waals surface area contributed by atoms with Gasteiger partial charge in [-0.1, -0.05) is 110 Å². The third kappa shape index (κ3) is 27.5. The molecule has 1 unspecified atom stereocenters. The van der Waals surface area contributed by atoms with E-state index in [1.54, 1.807) is 0 Å². The van der Waals surface area contributed by atoms with Gasteiger partial charge in [0.1, 0.15) is 0 Å². The van der Waals surface area contributed by atoms with Gasteiger partial charge in [-0.2, -0.15) is 0 Å². The van der Waals surface area contributed by atoms with Crippen molar-refractivity contribution in [2.75, 3.05) is 5.75 Å². The Hall–Kier alpha value is 1.51. The van der Waals surface area contributed by atoms with Crippen molar-refractivity contribution >= 4 is 10.1 Å². The third-order valence-corrected chi connectivity index (χ3v) is 5.83. The Balaban J connectivity index is 0. The summed E-state index contributed by atoms with van der Waals surface area (Å²) >= 11 is 0. The van der Waals surface area contributed by atoms with E-state index in [1.807, 2.05) is 0 Å². The van der Waals surface area contributed by atoms with E-state index in [1.165, 1.54) is 89.9 Å². The van der Waals surface area contributed by atoms with Gasteiger partial charge in [0.2, 0.25) is 0 Å². The molecule has 1 atom stereocenters. The van der Waals surface area contributed by atoms with E-state index < -0.39 is 22.0 Å². The predicted octanol–water partition coefficient (Wildman–Crippen LogP) is 2.94. The fourth-order valence-electron chi connectivity index (χ4n) is 3.35. The van der Waals surface area contributed by atoms with Crippen molar-refractivity contribution in [1.29, 1.82) is 0 Å². The summed E-state index contributed by atoms with van der Waals surface area (Å²) in [5.41, 5.74) is 0. The quantitative estimate of drug-likeness (QED) is 0.183. The molecule has 6 heteroatoms. The second-order valence-electron chi connectivity index (χ2n) is 7.80. The van der Waals surface area contributed by atoms with Crippen LogP contribution in [0, 0.1) is 0 Å². The van der Waals surface area contributed by atoms with Crippen LogP contribution >= 0.6 is 0 Å². The van der Waals surface area contributed by atoms with Crippen LogP contribution in [0.15, 0.2) is 0 Å². The molecule has 0 bridgehead atoms. The van der Waals surface area contributed by atoms with Crippen molar-refractivity contribution < 1.29 is 69.5 Å². The van der Waals surface area contributed by atoms with Crippen LogP contribution in [0.4, 0.5) is 0 Å². The summed E-state index contributed by atoms with van der Waals surface area (Å²) in [5, 5.41) is 9.62.